The van der Waals surface area contributed by atoms with Crippen LogP contribution in [0.25, 0.3) is 6.08 Å². The first-order valence-corrected chi connectivity index (χ1v) is 10.3. The van der Waals surface area contributed by atoms with Gasteiger partial charge in [0.15, 0.2) is 5.13 Å². The summed E-state index contributed by atoms with van der Waals surface area (Å²) in [6, 6.07) is 13.6. The predicted molar refractivity (Wildman–Crippen MR) is 118 cm³/mol. The summed E-state index contributed by atoms with van der Waals surface area (Å²) in [4.78, 5) is 31.8. The number of carbonyl (C=O) groups excluding carboxylic acids is 2. The fourth-order valence-corrected chi connectivity index (χ4v) is 3.82. The number of anilines is 2. The molecule has 0 aliphatic rings. The Morgan fingerprint density at radius 1 is 1.17 bits per heavy atom. The molecule has 5 nitrogen and oxygen atoms in total. The van der Waals surface area contributed by atoms with E-state index in [0.717, 1.165) is 0 Å². The van der Waals surface area contributed by atoms with Crippen LogP contribution >= 0.6 is 22.9 Å². The third-order valence-corrected chi connectivity index (χ3v) is 5.46. The Balaban J connectivity index is 1.71. The van der Waals surface area contributed by atoms with E-state index in [1.165, 1.54) is 46.3 Å². The quantitative estimate of drug-likeness (QED) is 0.486. The molecule has 154 valence electrons. The Bertz CT molecular complexity index is 1060. The molecular weight excluding hydrogens is 425 g/mol. The van der Waals surface area contributed by atoms with Crippen LogP contribution in [-0.4, -0.2) is 28.7 Å². The van der Waals surface area contributed by atoms with Crippen LogP contribution < -0.4 is 4.90 Å². The van der Waals surface area contributed by atoms with Crippen molar-refractivity contribution in [1.29, 1.82) is 0 Å². The van der Waals surface area contributed by atoms with E-state index >= 15 is 0 Å². The lowest BCUT2D eigenvalue weighted by atomic mass is 10.2. The van der Waals surface area contributed by atoms with Crippen molar-refractivity contribution in [3.63, 3.8) is 0 Å². The minimum absolute atomic E-state index is 0.0448. The van der Waals surface area contributed by atoms with E-state index in [9.17, 15) is 14.0 Å². The summed E-state index contributed by atoms with van der Waals surface area (Å²) in [7, 11) is 1.56. The summed E-state index contributed by atoms with van der Waals surface area (Å²) in [5.41, 5.74) is 1.52. The molecule has 30 heavy (non-hydrogen) atoms. The summed E-state index contributed by atoms with van der Waals surface area (Å²) < 4.78 is 13.9. The summed E-state index contributed by atoms with van der Waals surface area (Å²) >= 11 is 7.32. The Morgan fingerprint density at radius 2 is 1.90 bits per heavy atom. The fourth-order valence-electron chi connectivity index (χ4n) is 2.74. The molecule has 2 aromatic carbocycles. The number of aromatic nitrogens is 1. The normalized spacial score (nSPS) is 10.9. The van der Waals surface area contributed by atoms with Gasteiger partial charge in [-0.3, -0.25) is 14.5 Å². The first kappa shape index (κ1) is 21.7. The number of hydrogen-bond donors (Lipinski definition) is 0. The van der Waals surface area contributed by atoms with Crippen LogP contribution in [0.5, 0.6) is 0 Å². The van der Waals surface area contributed by atoms with Gasteiger partial charge in [-0.1, -0.05) is 35.9 Å². The van der Waals surface area contributed by atoms with Crippen LogP contribution in [0.15, 0.2) is 60.0 Å². The van der Waals surface area contributed by atoms with Crippen molar-refractivity contribution in [2.75, 3.05) is 11.9 Å². The van der Waals surface area contributed by atoms with Crippen LogP contribution in [0.2, 0.25) is 5.02 Å². The highest BCUT2D eigenvalue weighted by Crippen LogP contribution is 2.29. The van der Waals surface area contributed by atoms with Crippen molar-refractivity contribution in [3.05, 3.63) is 82.1 Å². The summed E-state index contributed by atoms with van der Waals surface area (Å²) in [5, 5.41) is 2.53. The van der Waals surface area contributed by atoms with Gasteiger partial charge in [0.1, 0.15) is 5.82 Å². The van der Waals surface area contributed by atoms with Crippen LogP contribution in [-0.2, 0) is 16.1 Å². The molecular formula is C22H19ClFN3O2S. The minimum Gasteiger partial charge on any atom is -0.338 e. The zero-order valence-corrected chi connectivity index (χ0v) is 18.0. The molecule has 3 aromatic rings. The molecule has 0 N–H and O–H groups in total. The zero-order valence-electron chi connectivity index (χ0n) is 16.4. The molecule has 0 aliphatic carbocycles. The maximum atomic E-state index is 13.9. The van der Waals surface area contributed by atoms with E-state index in [1.54, 1.807) is 24.6 Å². The van der Waals surface area contributed by atoms with Gasteiger partial charge in [-0.15, -0.1) is 11.3 Å². The maximum Gasteiger partial charge on any atom is 0.246 e. The monoisotopic (exact) mass is 443 g/mol. The van der Waals surface area contributed by atoms with Crippen LogP contribution in [0.3, 0.4) is 0 Å². The third kappa shape index (κ3) is 5.11. The molecule has 0 unspecified atom stereocenters. The molecule has 0 spiro atoms. The van der Waals surface area contributed by atoms with Crippen LogP contribution in [0.1, 0.15) is 18.2 Å². The van der Waals surface area contributed by atoms with Gasteiger partial charge in [-0.25, -0.2) is 9.37 Å². The first-order chi connectivity index (χ1) is 14.4. The molecule has 0 saturated carbocycles. The lowest BCUT2D eigenvalue weighted by molar-refractivity contribution is -0.125. The molecule has 0 saturated heterocycles. The number of benzene rings is 2. The Labute approximate surface area is 183 Å². The van der Waals surface area contributed by atoms with Crippen molar-refractivity contribution >= 4 is 51.6 Å². The lowest BCUT2D eigenvalue weighted by Gasteiger charge is -2.17. The SMILES string of the molecule is CC(=O)N(c1ccccc1)c1nc(C=CC(=O)N(C)Cc2c(F)cccc2Cl)cs1. The van der Waals surface area contributed by atoms with E-state index in [2.05, 4.69) is 4.98 Å². The summed E-state index contributed by atoms with van der Waals surface area (Å²) in [6.45, 7) is 1.51. The Morgan fingerprint density at radius 3 is 2.57 bits per heavy atom. The molecule has 2 amide bonds. The van der Waals surface area contributed by atoms with Gasteiger partial charge < -0.3 is 4.90 Å². The molecule has 0 bridgehead atoms. The van der Waals surface area contributed by atoms with E-state index < -0.39 is 5.82 Å². The van der Waals surface area contributed by atoms with Gasteiger partial charge in [0, 0.05) is 42.6 Å². The van der Waals surface area contributed by atoms with Gasteiger partial charge >= 0.3 is 0 Å². The van der Waals surface area contributed by atoms with Crippen LogP contribution in [0, 0.1) is 5.82 Å². The van der Waals surface area contributed by atoms with Crippen molar-refractivity contribution < 1.29 is 14.0 Å². The zero-order chi connectivity index (χ0) is 21.7. The van der Waals surface area contributed by atoms with Crippen molar-refractivity contribution in [2.24, 2.45) is 0 Å². The van der Waals surface area contributed by atoms with Crippen molar-refractivity contribution in [2.45, 2.75) is 13.5 Å². The molecule has 3 rings (SSSR count). The highest BCUT2D eigenvalue weighted by molar-refractivity contribution is 7.14. The number of rotatable bonds is 6. The Hall–Kier alpha value is -3.03. The number of thiazole rings is 1. The smallest absolute Gasteiger partial charge is 0.246 e. The van der Waals surface area contributed by atoms with E-state index in [1.807, 2.05) is 30.3 Å². The molecule has 0 atom stereocenters. The second-order valence-corrected chi connectivity index (χ2v) is 7.72. The van der Waals surface area contributed by atoms with Gasteiger partial charge in [0.25, 0.3) is 0 Å². The number of halogens is 2. The molecule has 0 fully saturated rings. The topological polar surface area (TPSA) is 53.5 Å². The number of para-hydroxylation sites is 1. The number of likely N-dealkylation sites (N-methyl/N-ethyl adjacent to an activating group) is 1. The third-order valence-electron chi connectivity index (χ3n) is 4.26. The minimum atomic E-state index is -0.458. The van der Waals surface area contributed by atoms with Crippen molar-refractivity contribution in [1.82, 2.24) is 9.88 Å². The van der Waals surface area contributed by atoms with Crippen molar-refractivity contribution in [3.8, 4) is 0 Å². The molecule has 8 heteroatoms. The lowest BCUT2D eigenvalue weighted by Crippen LogP contribution is -2.24. The first-order valence-electron chi connectivity index (χ1n) is 9.04. The number of nitrogens with zero attached hydrogens (tertiary/aromatic N) is 3. The summed E-state index contributed by atoms with van der Waals surface area (Å²) in [5.74, 6) is -0.945. The second kappa shape index (κ2) is 9.65. The molecule has 0 radical (unpaired) electrons. The van der Waals surface area contributed by atoms with Gasteiger partial charge in [-0.2, -0.15) is 0 Å². The molecule has 1 heterocycles. The van der Waals surface area contributed by atoms with E-state index in [-0.39, 0.29) is 28.9 Å². The molecule has 1 aromatic heterocycles. The second-order valence-electron chi connectivity index (χ2n) is 6.47. The van der Waals surface area contributed by atoms with Gasteiger partial charge in [0.05, 0.1) is 11.4 Å². The number of amides is 2. The highest BCUT2D eigenvalue weighted by Gasteiger charge is 2.17. The Kier molecular flexibility index (Phi) is 6.97. The van der Waals surface area contributed by atoms with E-state index in [4.69, 9.17) is 11.6 Å². The molecule has 0 aliphatic heterocycles. The largest absolute Gasteiger partial charge is 0.338 e. The average Bonchev–Trinajstić information content (AvgIpc) is 3.18. The fraction of sp³-hybridized carbons (Fsp3) is 0.136. The van der Waals surface area contributed by atoms with Gasteiger partial charge in [-0.05, 0) is 30.3 Å². The highest BCUT2D eigenvalue weighted by atomic mass is 35.5. The standard InChI is InChI=1S/C22H19ClFN3O2S/c1-15(28)27(17-7-4-3-5-8-17)22-25-16(14-30-22)11-12-21(29)26(2)13-18-19(23)9-6-10-20(18)24/h3-12,14H,13H2,1-2H3. The van der Waals surface area contributed by atoms with E-state index in [0.29, 0.717) is 16.5 Å². The number of hydrogen-bond acceptors (Lipinski definition) is 4. The summed E-state index contributed by atoms with van der Waals surface area (Å²) in [6.07, 6.45) is 2.92. The number of carbonyl (C=O) groups is 2. The predicted octanol–water partition coefficient (Wildman–Crippen LogP) is 5.29. The average molecular weight is 444 g/mol. The maximum absolute atomic E-state index is 13.9. The van der Waals surface area contributed by atoms with Crippen LogP contribution in [0.4, 0.5) is 15.2 Å². The van der Waals surface area contributed by atoms with Gasteiger partial charge in [0.2, 0.25) is 11.8 Å².